The molecule has 0 aromatic carbocycles. The molecule has 2 aromatic heterocycles. The SMILES string of the molecule is Cc1cc(-n2c(C)cc(C(=O)N(C3CC3)C(C)C(=O)O)c2C)no1. The van der Waals surface area contributed by atoms with Crippen molar-refractivity contribution in [1.82, 2.24) is 14.6 Å². The van der Waals surface area contributed by atoms with E-state index in [0.717, 1.165) is 24.2 Å². The molecule has 0 bridgehead atoms. The second-order valence-corrected chi connectivity index (χ2v) is 6.37. The van der Waals surface area contributed by atoms with Gasteiger partial charge in [-0.1, -0.05) is 5.16 Å². The number of aliphatic carboxylic acids is 1. The van der Waals surface area contributed by atoms with Gasteiger partial charge in [-0.2, -0.15) is 0 Å². The third kappa shape index (κ3) is 2.70. The number of hydrogen-bond donors (Lipinski definition) is 1. The number of hydrogen-bond acceptors (Lipinski definition) is 4. The molecule has 1 aliphatic carbocycles. The molecule has 2 heterocycles. The summed E-state index contributed by atoms with van der Waals surface area (Å²) in [7, 11) is 0. The van der Waals surface area contributed by atoms with Crippen molar-refractivity contribution in [2.45, 2.75) is 52.6 Å². The molecule has 1 unspecified atom stereocenters. The number of aromatic nitrogens is 2. The van der Waals surface area contributed by atoms with Crippen LogP contribution in [0.2, 0.25) is 0 Å². The number of aryl methyl sites for hydroxylation is 2. The summed E-state index contributed by atoms with van der Waals surface area (Å²) in [4.78, 5) is 25.9. The summed E-state index contributed by atoms with van der Waals surface area (Å²) < 4.78 is 6.97. The summed E-state index contributed by atoms with van der Waals surface area (Å²) >= 11 is 0. The van der Waals surface area contributed by atoms with Crippen LogP contribution in [0.4, 0.5) is 0 Å². The second-order valence-electron chi connectivity index (χ2n) is 6.37. The van der Waals surface area contributed by atoms with Crippen molar-refractivity contribution in [2.24, 2.45) is 0 Å². The van der Waals surface area contributed by atoms with E-state index < -0.39 is 12.0 Å². The maximum absolute atomic E-state index is 13.0. The van der Waals surface area contributed by atoms with Crippen molar-refractivity contribution in [1.29, 1.82) is 0 Å². The molecule has 3 rings (SSSR count). The topological polar surface area (TPSA) is 88.6 Å². The van der Waals surface area contributed by atoms with Gasteiger partial charge in [0.15, 0.2) is 5.82 Å². The highest BCUT2D eigenvalue weighted by atomic mass is 16.5. The predicted molar refractivity (Wildman–Crippen MR) is 86.3 cm³/mol. The van der Waals surface area contributed by atoms with Gasteiger partial charge >= 0.3 is 5.97 Å². The predicted octanol–water partition coefficient (Wildman–Crippen LogP) is 2.47. The highest BCUT2D eigenvalue weighted by Gasteiger charge is 2.39. The zero-order valence-electron chi connectivity index (χ0n) is 14.2. The minimum atomic E-state index is -0.990. The van der Waals surface area contributed by atoms with Gasteiger partial charge in [-0.15, -0.1) is 0 Å². The van der Waals surface area contributed by atoms with Gasteiger partial charge < -0.3 is 14.5 Å². The van der Waals surface area contributed by atoms with Gasteiger partial charge in [0, 0.05) is 23.5 Å². The summed E-state index contributed by atoms with van der Waals surface area (Å²) in [6, 6.07) is 2.75. The van der Waals surface area contributed by atoms with Crippen LogP contribution in [0.25, 0.3) is 5.82 Å². The largest absolute Gasteiger partial charge is 0.480 e. The van der Waals surface area contributed by atoms with Crippen molar-refractivity contribution in [3.05, 3.63) is 34.8 Å². The zero-order valence-corrected chi connectivity index (χ0v) is 14.2. The van der Waals surface area contributed by atoms with Crippen LogP contribution in [0.3, 0.4) is 0 Å². The van der Waals surface area contributed by atoms with E-state index in [2.05, 4.69) is 5.16 Å². The lowest BCUT2D eigenvalue weighted by Crippen LogP contribution is -2.44. The van der Waals surface area contributed by atoms with Gasteiger partial charge in [0.05, 0.1) is 5.56 Å². The number of carbonyl (C=O) groups excluding carboxylic acids is 1. The summed E-state index contributed by atoms with van der Waals surface area (Å²) in [5.74, 6) is 0.0680. The van der Waals surface area contributed by atoms with Crippen molar-refractivity contribution in [3.63, 3.8) is 0 Å². The second kappa shape index (κ2) is 5.81. The number of carboxylic acid groups (broad SMARTS) is 1. The van der Waals surface area contributed by atoms with E-state index in [0.29, 0.717) is 17.1 Å². The van der Waals surface area contributed by atoms with Crippen LogP contribution >= 0.6 is 0 Å². The number of carboxylic acids is 1. The molecule has 1 fully saturated rings. The quantitative estimate of drug-likeness (QED) is 0.909. The van der Waals surface area contributed by atoms with Crippen LogP contribution in [-0.2, 0) is 4.79 Å². The maximum Gasteiger partial charge on any atom is 0.326 e. The number of amides is 1. The molecule has 2 aromatic rings. The number of rotatable bonds is 5. The molecular formula is C17H21N3O4. The van der Waals surface area contributed by atoms with E-state index >= 15 is 0 Å². The Kier molecular flexibility index (Phi) is 3.95. The van der Waals surface area contributed by atoms with Crippen molar-refractivity contribution >= 4 is 11.9 Å². The van der Waals surface area contributed by atoms with E-state index in [1.165, 1.54) is 4.90 Å². The molecule has 7 nitrogen and oxygen atoms in total. The highest BCUT2D eigenvalue weighted by molar-refractivity contribution is 5.98. The lowest BCUT2D eigenvalue weighted by Gasteiger charge is -2.26. The molecule has 0 aliphatic heterocycles. The normalized spacial score (nSPS) is 15.3. The van der Waals surface area contributed by atoms with Crippen LogP contribution in [0.5, 0.6) is 0 Å². The smallest absolute Gasteiger partial charge is 0.326 e. The number of carbonyl (C=O) groups is 2. The third-order valence-electron chi connectivity index (χ3n) is 4.46. The lowest BCUT2D eigenvalue weighted by molar-refractivity contribution is -0.141. The molecule has 0 saturated heterocycles. The first-order valence-corrected chi connectivity index (χ1v) is 7.99. The van der Waals surface area contributed by atoms with Crippen molar-refractivity contribution in [2.75, 3.05) is 0 Å². The maximum atomic E-state index is 13.0. The van der Waals surface area contributed by atoms with E-state index in [9.17, 15) is 14.7 Å². The molecule has 0 spiro atoms. The molecule has 1 amide bonds. The first kappa shape index (κ1) is 16.3. The summed E-state index contributed by atoms with van der Waals surface area (Å²) in [5.41, 5.74) is 2.09. The molecule has 1 N–H and O–H groups in total. The Morgan fingerprint density at radius 3 is 2.50 bits per heavy atom. The standard InChI is InChI=1S/C17H21N3O4/c1-9-7-14(11(3)19(9)15-8-10(2)24-18-15)16(21)20(13-5-6-13)12(4)17(22)23/h7-8,12-13H,5-6H2,1-4H3,(H,22,23). The van der Waals surface area contributed by atoms with E-state index in [1.54, 1.807) is 26.0 Å². The van der Waals surface area contributed by atoms with E-state index in [4.69, 9.17) is 4.52 Å². The van der Waals surface area contributed by atoms with Gasteiger partial charge in [0.1, 0.15) is 11.8 Å². The van der Waals surface area contributed by atoms with Crippen LogP contribution < -0.4 is 0 Å². The van der Waals surface area contributed by atoms with Crippen molar-refractivity contribution in [3.8, 4) is 5.82 Å². The van der Waals surface area contributed by atoms with Crippen LogP contribution in [0, 0.1) is 20.8 Å². The highest BCUT2D eigenvalue weighted by Crippen LogP contribution is 2.32. The Bertz CT molecular complexity index is 801. The third-order valence-corrected chi connectivity index (χ3v) is 4.46. The first-order chi connectivity index (χ1) is 11.3. The molecule has 128 valence electrons. The van der Waals surface area contributed by atoms with Gasteiger partial charge in [0.25, 0.3) is 5.91 Å². The Morgan fingerprint density at radius 2 is 2.00 bits per heavy atom. The van der Waals surface area contributed by atoms with E-state index in [-0.39, 0.29) is 11.9 Å². The minimum Gasteiger partial charge on any atom is -0.480 e. The Labute approximate surface area is 139 Å². The van der Waals surface area contributed by atoms with Gasteiger partial charge in [-0.25, -0.2) is 4.79 Å². The van der Waals surface area contributed by atoms with Crippen LogP contribution in [-0.4, -0.2) is 43.7 Å². The summed E-state index contributed by atoms with van der Waals surface area (Å²) in [6.07, 6.45) is 1.70. The fraction of sp³-hybridized carbons (Fsp3) is 0.471. The monoisotopic (exact) mass is 331 g/mol. The average molecular weight is 331 g/mol. The van der Waals surface area contributed by atoms with Crippen molar-refractivity contribution < 1.29 is 19.2 Å². The molecule has 0 radical (unpaired) electrons. The number of nitrogens with zero attached hydrogens (tertiary/aromatic N) is 3. The Hall–Kier alpha value is -2.57. The molecule has 24 heavy (non-hydrogen) atoms. The minimum absolute atomic E-state index is 0.0148. The Morgan fingerprint density at radius 1 is 1.33 bits per heavy atom. The molecule has 7 heteroatoms. The summed E-state index contributed by atoms with van der Waals surface area (Å²) in [6.45, 7) is 7.08. The fourth-order valence-corrected chi connectivity index (χ4v) is 3.06. The van der Waals surface area contributed by atoms with Crippen LogP contribution in [0.15, 0.2) is 16.7 Å². The molecular weight excluding hydrogens is 310 g/mol. The van der Waals surface area contributed by atoms with Gasteiger partial charge in [-0.05, 0) is 46.6 Å². The molecule has 1 saturated carbocycles. The molecule has 1 atom stereocenters. The van der Waals surface area contributed by atoms with Gasteiger partial charge in [-0.3, -0.25) is 9.36 Å². The first-order valence-electron chi connectivity index (χ1n) is 7.99. The van der Waals surface area contributed by atoms with E-state index in [1.807, 2.05) is 18.4 Å². The lowest BCUT2D eigenvalue weighted by atomic mass is 10.1. The fourth-order valence-electron chi connectivity index (χ4n) is 3.06. The zero-order chi connectivity index (χ0) is 17.6. The average Bonchev–Trinajstić information content (AvgIpc) is 3.18. The molecule has 1 aliphatic rings. The van der Waals surface area contributed by atoms with Crippen LogP contribution in [0.1, 0.15) is 47.3 Å². The Balaban J connectivity index is 2.00. The summed E-state index contributed by atoms with van der Waals surface area (Å²) in [5, 5.41) is 13.3. The van der Waals surface area contributed by atoms with Gasteiger partial charge in [0.2, 0.25) is 0 Å².